The average molecular weight is 334 g/mol. The van der Waals surface area contributed by atoms with Gasteiger partial charge >= 0.3 is 5.97 Å². The van der Waals surface area contributed by atoms with Gasteiger partial charge in [-0.1, -0.05) is 35.9 Å². The van der Waals surface area contributed by atoms with Gasteiger partial charge in [-0.15, -0.1) is 15.0 Å². The second-order valence-electron chi connectivity index (χ2n) is 5.68. The molecule has 0 saturated carbocycles. The largest absolute Gasteiger partial charge is 0.402 e. The highest BCUT2D eigenvalue weighted by Crippen LogP contribution is 2.11. The summed E-state index contributed by atoms with van der Waals surface area (Å²) in [7, 11) is 0. The SMILES string of the molecule is Cc1ccc(/C(=N/n2nnc(C)c2C)OC(=O)c2ccccc2)cc1. The summed E-state index contributed by atoms with van der Waals surface area (Å²) >= 11 is 0. The predicted octanol–water partition coefficient (Wildman–Crippen LogP) is 3.27. The summed E-state index contributed by atoms with van der Waals surface area (Å²) < 4.78 is 5.55. The number of aryl methyl sites for hydroxylation is 2. The van der Waals surface area contributed by atoms with E-state index in [0.717, 1.165) is 17.0 Å². The Bertz CT molecular complexity index is 912. The number of esters is 1. The highest BCUT2D eigenvalue weighted by Gasteiger charge is 2.15. The van der Waals surface area contributed by atoms with Crippen molar-refractivity contribution in [2.75, 3.05) is 0 Å². The van der Waals surface area contributed by atoms with Crippen LogP contribution in [0.15, 0.2) is 59.7 Å². The molecule has 0 fully saturated rings. The van der Waals surface area contributed by atoms with E-state index in [-0.39, 0.29) is 5.90 Å². The zero-order chi connectivity index (χ0) is 17.8. The molecule has 6 heteroatoms. The van der Waals surface area contributed by atoms with E-state index < -0.39 is 5.97 Å². The van der Waals surface area contributed by atoms with E-state index in [1.54, 1.807) is 24.3 Å². The van der Waals surface area contributed by atoms with Crippen molar-refractivity contribution in [1.29, 1.82) is 0 Å². The molecule has 1 heterocycles. The Balaban J connectivity index is 1.98. The Morgan fingerprint density at radius 3 is 2.24 bits per heavy atom. The van der Waals surface area contributed by atoms with Crippen LogP contribution < -0.4 is 0 Å². The van der Waals surface area contributed by atoms with Crippen LogP contribution in [-0.2, 0) is 4.74 Å². The van der Waals surface area contributed by atoms with Crippen LogP contribution in [0.25, 0.3) is 0 Å². The molecule has 126 valence electrons. The van der Waals surface area contributed by atoms with Crippen molar-refractivity contribution < 1.29 is 9.53 Å². The Labute approximate surface area is 145 Å². The van der Waals surface area contributed by atoms with Gasteiger partial charge in [-0.05, 0) is 50.3 Å². The van der Waals surface area contributed by atoms with E-state index in [4.69, 9.17) is 4.74 Å². The molecule has 0 aliphatic heterocycles. The van der Waals surface area contributed by atoms with Crippen LogP contribution in [0.4, 0.5) is 0 Å². The molecule has 0 radical (unpaired) electrons. The fourth-order valence-electron chi connectivity index (χ4n) is 2.13. The van der Waals surface area contributed by atoms with Crippen molar-refractivity contribution in [3.05, 3.63) is 82.7 Å². The van der Waals surface area contributed by atoms with Crippen molar-refractivity contribution in [3.63, 3.8) is 0 Å². The molecule has 3 aromatic rings. The maximum absolute atomic E-state index is 12.4. The van der Waals surface area contributed by atoms with Gasteiger partial charge in [0.25, 0.3) is 0 Å². The standard InChI is InChI=1S/C19H18N4O2/c1-13-9-11-16(12-10-13)18(21-23-15(3)14(2)20-22-23)25-19(24)17-7-5-4-6-8-17/h4-12H,1-3H3/b21-18-. The third kappa shape index (κ3) is 3.80. The second kappa shape index (κ2) is 7.09. The van der Waals surface area contributed by atoms with Gasteiger partial charge in [0.1, 0.15) is 0 Å². The molecule has 0 saturated heterocycles. The van der Waals surface area contributed by atoms with Gasteiger partial charge in [-0.2, -0.15) is 0 Å². The number of rotatable bonds is 3. The van der Waals surface area contributed by atoms with Crippen LogP contribution in [0.1, 0.15) is 32.9 Å². The van der Waals surface area contributed by atoms with Crippen molar-refractivity contribution in [2.45, 2.75) is 20.8 Å². The van der Waals surface area contributed by atoms with E-state index in [9.17, 15) is 4.79 Å². The molecule has 6 nitrogen and oxygen atoms in total. The molecule has 1 aromatic heterocycles. The van der Waals surface area contributed by atoms with Gasteiger partial charge in [-0.25, -0.2) is 4.79 Å². The molecule has 0 unspecified atom stereocenters. The lowest BCUT2D eigenvalue weighted by atomic mass is 10.1. The fraction of sp³-hybridized carbons (Fsp3) is 0.158. The fourth-order valence-corrected chi connectivity index (χ4v) is 2.13. The van der Waals surface area contributed by atoms with Gasteiger partial charge < -0.3 is 4.74 Å². The highest BCUT2D eigenvalue weighted by molar-refractivity contribution is 6.05. The smallest absolute Gasteiger partial charge is 0.344 e. The lowest BCUT2D eigenvalue weighted by Crippen LogP contribution is -2.16. The van der Waals surface area contributed by atoms with Crippen LogP contribution in [0.2, 0.25) is 0 Å². The molecular weight excluding hydrogens is 316 g/mol. The van der Waals surface area contributed by atoms with E-state index >= 15 is 0 Å². The minimum absolute atomic E-state index is 0.168. The molecular formula is C19H18N4O2. The normalized spacial score (nSPS) is 11.4. The monoisotopic (exact) mass is 334 g/mol. The lowest BCUT2D eigenvalue weighted by Gasteiger charge is -2.08. The Morgan fingerprint density at radius 2 is 1.64 bits per heavy atom. The number of carbonyl (C=O) groups is 1. The summed E-state index contributed by atoms with van der Waals surface area (Å²) in [5, 5.41) is 12.3. The van der Waals surface area contributed by atoms with Crippen molar-refractivity contribution in [2.24, 2.45) is 5.10 Å². The Morgan fingerprint density at radius 1 is 0.960 bits per heavy atom. The van der Waals surface area contributed by atoms with Crippen LogP contribution in [0.3, 0.4) is 0 Å². The second-order valence-corrected chi connectivity index (χ2v) is 5.68. The molecule has 0 atom stereocenters. The van der Waals surface area contributed by atoms with Crippen molar-refractivity contribution in [3.8, 4) is 0 Å². The topological polar surface area (TPSA) is 69.4 Å². The van der Waals surface area contributed by atoms with Gasteiger partial charge in [-0.3, -0.25) is 0 Å². The molecule has 0 amide bonds. The molecule has 0 N–H and O–H groups in total. The van der Waals surface area contributed by atoms with E-state index in [0.29, 0.717) is 11.1 Å². The summed E-state index contributed by atoms with van der Waals surface area (Å²) in [5.41, 5.74) is 3.78. The first kappa shape index (κ1) is 16.6. The molecule has 0 aliphatic carbocycles. The maximum Gasteiger partial charge on any atom is 0.344 e. The van der Waals surface area contributed by atoms with Crippen LogP contribution in [-0.4, -0.2) is 27.0 Å². The summed E-state index contributed by atoms with van der Waals surface area (Å²) in [6.45, 7) is 5.68. The van der Waals surface area contributed by atoms with Crippen LogP contribution >= 0.6 is 0 Å². The minimum Gasteiger partial charge on any atom is -0.402 e. The summed E-state index contributed by atoms with van der Waals surface area (Å²) in [6, 6.07) is 16.4. The predicted molar refractivity (Wildman–Crippen MR) is 94.5 cm³/mol. The third-order valence-electron chi connectivity index (χ3n) is 3.79. The Kier molecular flexibility index (Phi) is 4.70. The number of nitrogens with zero attached hydrogens (tertiary/aromatic N) is 4. The Hall–Kier alpha value is -3.28. The maximum atomic E-state index is 12.4. The van der Waals surface area contributed by atoms with Gasteiger partial charge in [0.05, 0.1) is 17.0 Å². The van der Waals surface area contributed by atoms with E-state index in [1.165, 1.54) is 4.79 Å². The van der Waals surface area contributed by atoms with E-state index in [1.807, 2.05) is 51.1 Å². The molecule has 0 spiro atoms. The number of carbonyl (C=O) groups excluding carboxylic acids is 1. The quantitative estimate of drug-likeness (QED) is 0.419. The first-order chi connectivity index (χ1) is 12.0. The molecule has 0 bridgehead atoms. The summed E-state index contributed by atoms with van der Waals surface area (Å²) in [6.07, 6.45) is 0. The lowest BCUT2D eigenvalue weighted by molar-refractivity contribution is 0.0716. The zero-order valence-corrected chi connectivity index (χ0v) is 14.3. The van der Waals surface area contributed by atoms with E-state index in [2.05, 4.69) is 15.4 Å². The van der Waals surface area contributed by atoms with Gasteiger partial charge in [0.2, 0.25) is 5.90 Å². The zero-order valence-electron chi connectivity index (χ0n) is 14.3. The van der Waals surface area contributed by atoms with Crippen LogP contribution in [0.5, 0.6) is 0 Å². The number of aromatic nitrogens is 3. The minimum atomic E-state index is -0.477. The van der Waals surface area contributed by atoms with Crippen molar-refractivity contribution in [1.82, 2.24) is 15.1 Å². The number of benzene rings is 2. The molecule has 0 aliphatic rings. The van der Waals surface area contributed by atoms with Gasteiger partial charge in [0, 0.05) is 5.56 Å². The third-order valence-corrected chi connectivity index (χ3v) is 3.79. The molecule has 3 rings (SSSR count). The molecule has 2 aromatic carbocycles. The summed E-state index contributed by atoms with van der Waals surface area (Å²) in [5.74, 6) is -0.309. The van der Waals surface area contributed by atoms with Gasteiger partial charge in [0.15, 0.2) is 0 Å². The first-order valence-electron chi connectivity index (χ1n) is 7.87. The number of hydrogen-bond acceptors (Lipinski definition) is 5. The molecule has 25 heavy (non-hydrogen) atoms. The average Bonchev–Trinajstić information content (AvgIpc) is 2.94. The van der Waals surface area contributed by atoms with Crippen molar-refractivity contribution >= 4 is 11.9 Å². The number of ether oxygens (including phenoxy) is 1. The summed E-state index contributed by atoms with van der Waals surface area (Å²) in [4.78, 5) is 13.8. The van der Waals surface area contributed by atoms with Crippen LogP contribution in [0, 0.1) is 20.8 Å². The highest BCUT2D eigenvalue weighted by atomic mass is 16.5. The number of hydrogen-bond donors (Lipinski definition) is 0. The first-order valence-corrected chi connectivity index (χ1v) is 7.87.